The second kappa shape index (κ2) is 5.99. The van der Waals surface area contributed by atoms with E-state index in [1.54, 1.807) is 0 Å². The molecule has 0 radical (unpaired) electrons. The van der Waals surface area contributed by atoms with E-state index in [2.05, 4.69) is 16.9 Å². The first-order chi connectivity index (χ1) is 9.13. The normalized spacial score (nSPS) is 19.0. The Bertz CT molecular complexity index is 432. The summed E-state index contributed by atoms with van der Waals surface area (Å²) in [6.07, 6.45) is 5.34. The Labute approximate surface area is 114 Å². The van der Waals surface area contributed by atoms with Gasteiger partial charge in [-0.15, -0.1) is 0 Å². The van der Waals surface area contributed by atoms with Crippen molar-refractivity contribution in [3.8, 4) is 0 Å². The zero-order chi connectivity index (χ0) is 13.8. The van der Waals surface area contributed by atoms with Gasteiger partial charge < -0.3 is 9.80 Å². The Balaban J connectivity index is 1.93. The number of hydrogen-bond donors (Lipinski definition) is 0. The van der Waals surface area contributed by atoms with Gasteiger partial charge >= 0.3 is 0 Å². The van der Waals surface area contributed by atoms with Crippen LogP contribution in [0.4, 0.5) is 5.95 Å². The Morgan fingerprint density at radius 2 is 2.05 bits per heavy atom. The Hall–Kier alpha value is -1.65. The van der Waals surface area contributed by atoms with Crippen LogP contribution in [0.2, 0.25) is 0 Å². The molecule has 0 saturated carbocycles. The molecule has 0 unspecified atom stereocenters. The maximum atomic E-state index is 11.7. The van der Waals surface area contributed by atoms with Gasteiger partial charge in [-0.1, -0.05) is 6.92 Å². The molecule has 1 fully saturated rings. The van der Waals surface area contributed by atoms with Crippen LogP contribution >= 0.6 is 0 Å². The van der Waals surface area contributed by atoms with E-state index in [4.69, 9.17) is 0 Å². The summed E-state index contributed by atoms with van der Waals surface area (Å²) in [5.74, 6) is 1.38. The molecular weight excluding hydrogens is 240 g/mol. The van der Waals surface area contributed by atoms with Crippen molar-refractivity contribution in [3.05, 3.63) is 18.0 Å². The van der Waals surface area contributed by atoms with Crippen LogP contribution in [0.3, 0.4) is 0 Å². The molecule has 1 saturated heterocycles. The van der Waals surface area contributed by atoms with Crippen molar-refractivity contribution in [2.45, 2.75) is 26.7 Å². The van der Waals surface area contributed by atoms with Crippen LogP contribution in [0.5, 0.6) is 0 Å². The van der Waals surface area contributed by atoms with Crippen molar-refractivity contribution < 1.29 is 4.79 Å². The first-order valence-corrected chi connectivity index (χ1v) is 6.93. The molecule has 1 aliphatic heterocycles. The topological polar surface area (TPSA) is 49.3 Å². The molecule has 0 N–H and O–H groups in total. The lowest BCUT2D eigenvalue weighted by Crippen LogP contribution is -2.29. The number of hydrogen-bond acceptors (Lipinski definition) is 4. The molecule has 5 nitrogen and oxygen atoms in total. The van der Waals surface area contributed by atoms with Crippen molar-refractivity contribution >= 4 is 11.9 Å². The fourth-order valence-electron chi connectivity index (χ4n) is 2.48. The minimum Gasteiger partial charge on any atom is -0.344 e. The van der Waals surface area contributed by atoms with E-state index in [0.29, 0.717) is 12.3 Å². The third-order valence-electron chi connectivity index (χ3n) is 3.65. The van der Waals surface area contributed by atoms with Crippen LogP contribution < -0.4 is 4.90 Å². The average Bonchev–Trinajstić information content (AvgIpc) is 2.78. The summed E-state index contributed by atoms with van der Waals surface area (Å²) in [5, 5.41) is 0. The summed E-state index contributed by atoms with van der Waals surface area (Å²) in [6, 6.07) is 0. The van der Waals surface area contributed by atoms with Crippen LogP contribution in [0.1, 0.15) is 25.8 Å². The largest absolute Gasteiger partial charge is 0.344 e. The van der Waals surface area contributed by atoms with Crippen molar-refractivity contribution in [1.29, 1.82) is 0 Å². The SMILES string of the molecule is CCc1cnc(N(C)C[C@H]2CC(=O)N(CC)C2)nc1. The average molecular weight is 262 g/mol. The van der Waals surface area contributed by atoms with Gasteiger partial charge in [-0.25, -0.2) is 9.97 Å². The van der Waals surface area contributed by atoms with Gasteiger partial charge in [0, 0.05) is 51.4 Å². The molecule has 0 spiro atoms. The molecule has 5 heteroatoms. The molecule has 19 heavy (non-hydrogen) atoms. The van der Waals surface area contributed by atoms with Gasteiger partial charge in [0.2, 0.25) is 11.9 Å². The Kier molecular flexibility index (Phi) is 4.35. The second-order valence-electron chi connectivity index (χ2n) is 5.13. The van der Waals surface area contributed by atoms with Crippen LogP contribution in [0.25, 0.3) is 0 Å². The summed E-state index contributed by atoms with van der Waals surface area (Å²) in [5.41, 5.74) is 1.14. The summed E-state index contributed by atoms with van der Waals surface area (Å²) in [7, 11) is 1.99. The minimum atomic E-state index is 0.267. The number of likely N-dealkylation sites (tertiary alicyclic amines) is 1. The van der Waals surface area contributed by atoms with Crippen molar-refractivity contribution in [1.82, 2.24) is 14.9 Å². The molecule has 1 aromatic rings. The number of anilines is 1. The van der Waals surface area contributed by atoms with Crippen molar-refractivity contribution in [2.24, 2.45) is 5.92 Å². The maximum Gasteiger partial charge on any atom is 0.225 e. The van der Waals surface area contributed by atoms with Crippen LogP contribution in [-0.4, -0.2) is 47.5 Å². The fourth-order valence-corrected chi connectivity index (χ4v) is 2.48. The number of carbonyl (C=O) groups excluding carboxylic acids is 1. The zero-order valence-corrected chi connectivity index (χ0v) is 12.0. The number of carbonyl (C=O) groups is 1. The molecule has 1 amide bonds. The van der Waals surface area contributed by atoms with Gasteiger partial charge in [-0.3, -0.25) is 4.79 Å². The number of aromatic nitrogens is 2. The van der Waals surface area contributed by atoms with E-state index in [1.807, 2.05) is 36.2 Å². The quantitative estimate of drug-likeness (QED) is 0.803. The van der Waals surface area contributed by atoms with E-state index >= 15 is 0 Å². The van der Waals surface area contributed by atoms with E-state index in [-0.39, 0.29) is 5.91 Å². The minimum absolute atomic E-state index is 0.267. The number of amides is 1. The van der Waals surface area contributed by atoms with Gasteiger partial charge in [0.15, 0.2) is 0 Å². The molecule has 0 aliphatic carbocycles. The number of nitrogens with zero attached hydrogens (tertiary/aromatic N) is 4. The smallest absolute Gasteiger partial charge is 0.225 e. The summed E-state index contributed by atoms with van der Waals surface area (Å²) >= 11 is 0. The molecule has 2 heterocycles. The summed E-state index contributed by atoms with van der Waals surface area (Å²) in [6.45, 7) is 6.60. The van der Waals surface area contributed by atoms with Gasteiger partial charge in [-0.05, 0) is 18.9 Å². The number of aryl methyl sites for hydroxylation is 1. The van der Waals surface area contributed by atoms with Crippen LogP contribution in [0, 0.1) is 5.92 Å². The summed E-state index contributed by atoms with van der Waals surface area (Å²) in [4.78, 5) is 24.4. The van der Waals surface area contributed by atoms with Crippen molar-refractivity contribution in [3.63, 3.8) is 0 Å². The highest BCUT2D eigenvalue weighted by atomic mass is 16.2. The number of rotatable bonds is 5. The van der Waals surface area contributed by atoms with Gasteiger partial charge in [0.25, 0.3) is 0 Å². The van der Waals surface area contributed by atoms with Gasteiger partial charge in [0.05, 0.1) is 0 Å². The molecule has 1 aliphatic rings. The first kappa shape index (κ1) is 13.8. The Morgan fingerprint density at radius 3 is 2.58 bits per heavy atom. The molecule has 0 bridgehead atoms. The molecular formula is C14H22N4O. The zero-order valence-electron chi connectivity index (χ0n) is 12.0. The molecule has 1 atom stereocenters. The highest BCUT2D eigenvalue weighted by Crippen LogP contribution is 2.19. The summed E-state index contributed by atoms with van der Waals surface area (Å²) < 4.78 is 0. The predicted molar refractivity (Wildman–Crippen MR) is 75.0 cm³/mol. The second-order valence-corrected chi connectivity index (χ2v) is 5.13. The van der Waals surface area contributed by atoms with E-state index in [0.717, 1.165) is 37.6 Å². The predicted octanol–water partition coefficient (Wildman–Crippen LogP) is 1.34. The lowest BCUT2D eigenvalue weighted by Gasteiger charge is -2.21. The first-order valence-electron chi connectivity index (χ1n) is 6.93. The molecule has 2 rings (SSSR count). The third-order valence-corrected chi connectivity index (χ3v) is 3.65. The molecule has 0 aromatic carbocycles. The lowest BCUT2D eigenvalue weighted by atomic mass is 10.1. The van der Waals surface area contributed by atoms with Gasteiger partial charge in [-0.2, -0.15) is 0 Å². The third kappa shape index (κ3) is 3.22. The monoisotopic (exact) mass is 262 g/mol. The lowest BCUT2D eigenvalue weighted by molar-refractivity contribution is -0.127. The maximum absolute atomic E-state index is 11.7. The highest BCUT2D eigenvalue weighted by molar-refractivity contribution is 5.78. The molecule has 104 valence electrons. The van der Waals surface area contributed by atoms with Gasteiger partial charge in [0.1, 0.15) is 0 Å². The fraction of sp³-hybridized carbons (Fsp3) is 0.643. The molecule has 1 aromatic heterocycles. The van der Waals surface area contributed by atoms with E-state index in [1.165, 1.54) is 0 Å². The van der Waals surface area contributed by atoms with E-state index < -0.39 is 0 Å². The van der Waals surface area contributed by atoms with Crippen LogP contribution in [-0.2, 0) is 11.2 Å². The standard InChI is InChI=1S/C14H22N4O/c1-4-11-7-15-14(16-8-11)17(3)9-12-6-13(19)18(5-2)10-12/h7-8,12H,4-6,9-10H2,1-3H3/t12-/m1/s1. The van der Waals surface area contributed by atoms with Crippen molar-refractivity contribution in [2.75, 3.05) is 31.6 Å². The Morgan fingerprint density at radius 1 is 1.37 bits per heavy atom. The van der Waals surface area contributed by atoms with E-state index in [9.17, 15) is 4.79 Å². The highest BCUT2D eigenvalue weighted by Gasteiger charge is 2.29. The van der Waals surface area contributed by atoms with Crippen LogP contribution in [0.15, 0.2) is 12.4 Å².